The molecule has 1 aromatic heterocycles. The summed E-state index contributed by atoms with van der Waals surface area (Å²) in [5.41, 5.74) is 2.51. The lowest BCUT2D eigenvalue weighted by Crippen LogP contribution is -2.40. The lowest BCUT2D eigenvalue weighted by molar-refractivity contribution is -0.165. The Morgan fingerprint density at radius 1 is 0.818 bits per heavy atom. The lowest BCUT2D eigenvalue weighted by atomic mass is 10.0. The molecule has 0 bridgehead atoms. The average molecular weight is 791 g/mol. The first-order chi connectivity index (χ1) is 25.9. The largest absolute Gasteiger partial charge is 0.479 e. The molecule has 0 fully saturated rings. The molecular weight excluding hydrogens is 748 g/mol. The highest BCUT2D eigenvalue weighted by atomic mass is 32.2. The second-order valence-corrected chi connectivity index (χ2v) is 13.2. The quantitative estimate of drug-likeness (QED) is 0.0690. The summed E-state index contributed by atoms with van der Waals surface area (Å²) in [7, 11) is 0. The average Bonchev–Trinajstić information content (AvgIpc) is 3.15. The Labute approximate surface area is 318 Å². The maximum atomic E-state index is 13.8. The molecule has 4 N–H and O–H groups in total. The highest BCUT2D eigenvalue weighted by Gasteiger charge is 2.30. The van der Waals surface area contributed by atoms with Crippen molar-refractivity contribution in [1.29, 1.82) is 0 Å². The molecule has 0 radical (unpaired) electrons. The van der Waals surface area contributed by atoms with Gasteiger partial charge in [0.25, 0.3) is 5.56 Å². The third-order valence-electron chi connectivity index (χ3n) is 8.33. The van der Waals surface area contributed by atoms with Crippen molar-refractivity contribution in [2.75, 3.05) is 26.2 Å². The third-order valence-corrected chi connectivity index (χ3v) is 9.39. The van der Waals surface area contributed by atoms with Crippen LogP contribution in [0.2, 0.25) is 0 Å². The zero-order chi connectivity index (χ0) is 40.9. The van der Waals surface area contributed by atoms with Crippen LogP contribution < -0.4 is 5.56 Å². The number of likely N-dealkylation sites (N-methyl/N-ethyl adjacent to an activating group) is 1. The van der Waals surface area contributed by atoms with E-state index < -0.39 is 35.9 Å². The number of carbonyl (C=O) groups is 3. The van der Waals surface area contributed by atoms with E-state index in [-0.39, 0.29) is 23.8 Å². The Morgan fingerprint density at radius 3 is 1.82 bits per heavy atom. The van der Waals surface area contributed by atoms with Gasteiger partial charge < -0.3 is 34.8 Å². The molecule has 3 aromatic carbocycles. The van der Waals surface area contributed by atoms with Gasteiger partial charge in [-0.05, 0) is 66.5 Å². The number of halogens is 4. The van der Waals surface area contributed by atoms with Crippen LogP contribution in [-0.2, 0) is 39.4 Å². The van der Waals surface area contributed by atoms with Crippen LogP contribution in [0.1, 0.15) is 36.1 Å². The Hall–Kier alpha value is -5.10. The fourth-order valence-corrected chi connectivity index (χ4v) is 5.94. The summed E-state index contributed by atoms with van der Waals surface area (Å²) in [5, 5.41) is 32.9. The first-order valence-electron chi connectivity index (χ1n) is 17.0. The first-order valence-corrected chi connectivity index (χ1v) is 18.0. The van der Waals surface area contributed by atoms with Gasteiger partial charge in [-0.3, -0.25) is 9.59 Å². The number of alkyl halides is 3. The molecule has 1 amide bonds. The zero-order valence-electron chi connectivity index (χ0n) is 30.2. The normalized spacial score (nSPS) is 12.4. The molecule has 55 heavy (non-hydrogen) atoms. The van der Waals surface area contributed by atoms with Gasteiger partial charge in [0, 0.05) is 37.1 Å². The lowest BCUT2D eigenvalue weighted by Gasteiger charge is -2.27. The standard InChI is InChI=1S/C34H36F4N4O2S.C4H6O6/c1-4-40(5-2)18-19-41(21-25-6-10-27(11-7-25)28-12-14-29(15-13-28)34(36,37)38)31(43)22-42-20-24(3)32(44)39-33(42)45-23-26-8-16-30(35)17-9-26;5-1(3(7)8)2(6)4(9)10/h6-17,20H,4-5,18-19,21-23H2,1-3H3;1-2,5-6H,(H,7,8)(H,9,10). The number of carboxylic acids is 2. The molecule has 296 valence electrons. The Morgan fingerprint density at radius 2 is 1.33 bits per heavy atom. The minimum Gasteiger partial charge on any atom is -0.479 e. The molecule has 1 heterocycles. The highest BCUT2D eigenvalue weighted by molar-refractivity contribution is 7.98. The maximum Gasteiger partial charge on any atom is 0.416 e. The molecule has 17 heteroatoms. The highest BCUT2D eigenvalue weighted by Crippen LogP contribution is 2.31. The van der Waals surface area contributed by atoms with Crippen molar-refractivity contribution in [3.63, 3.8) is 0 Å². The number of benzene rings is 3. The second kappa shape index (κ2) is 20.5. The van der Waals surface area contributed by atoms with Gasteiger partial charge in [0.15, 0.2) is 17.4 Å². The summed E-state index contributed by atoms with van der Waals surface area (Å²) in [6.07, 6.45) is -7.29. The number of aliphatic carboxylic acids is 2. The summed E-state index contributed by atoms with van der Waals surface area (Å²) >= 11 is 1.30. The zero-order valence-corrected chi connectivity index (χ0v) is 31.1. The molecule has 0 aliphatic carbocycles. The van der Waals surface area contributed by atoms with Crippen molar-refractivity contribution in [3.05, 3.63) is 117 Å². The predicted molar refractivity (Wildman–Crippen MR) is 197 cm³/mol. The molecule has 12 nitrogen and oxygen atoms in total. The summed E-state index contributed by atoms with van der Waals surface area (Å²) in [6, 6.07) is 18.5. The predicted octanol–water partition coefficient (Wildman–Crippen LogP) is 4.92. The molecular formula is C38H42F4N4O8S. The number of thioether (sulfide) groups is 1. The Kier molecular flexibility index (Phi) is 16.5. The summed E-state index contributed by atoms with van der Waals surface area (Å²) in [6.45, 7) is 8.92. The summed E-state index contributed by atoms with van der Waals surface area (Å²) in [5.74, 6) is -3.58. The number of aryl methyl sites for hydroxylation is 1. The molecule has 0 aliphatic heterocycles. The minimum atomic E-state index is -4.39. The molecule has 4 aromatic rings. The van der Waals surface area contributed by atoms with Gasteiger partial charge in [0.1, 0.15) is 12.4 Å². The van der Waals surface area contributed by atoms with Crippen molar-refractivity contribution in [3.8, 4) is 11.1 Å². The molecule has 4 rings (SSSR count). The van der Waals surface area contributed by atoms with E-state index in [1.165, 1.54) is 36.0 Å². The maximum absolute atomic E-state index is 13.8. The van der Waals surface area contributed by atoms with Crippen LogP contribution in [0, 0.1) is 12.7 Å². The van der Waals surface area contributed by atoms with Crippen molar-refractivity contribution in [2.24, 2.45) is 0 Å². The van der Waals surface area contributed by atoms with Crippen molar-refractivity contribution >= 4 is 29.6 Å². The van der Waals surface area contributed by atoms with Crippen molar-refractivity contribution < 1.29 is 52.4 Å². The molecule has 0 aliphatic rings. The number of carboxylic acid groups (broad SMARTS) is 2. The van der Waals surface area contributed by atoms with Crippen LogP contribution in [0.25, 0.3) is 11.1 Å². The van der Waals surface area contributed by atoms with E-state index in [4.69, 9.17) is 20.4 Å². The fraction of sp³-hybridized carbons (Fsp3) is 0.342. The van der Waals surface area contributed by atoms with Crippen molar-refractivity contribution in [2.45, 2.75) is 63.2 Å². The van der Waals surface area contributed by atoms with Gasteiger partial charge in [0.2, 0.25) is 5.91 Å². The van der Waals surface area contributed by atoms with Gasteiger partial charge >= 0.3 is 18.1 Å². The van der Waals surface area contributed by atoms with E-state index >= 15 is 0 Å². The number of hydrogen-bond acceptors (Lipinski definition) is 9. The van der Waals surface area contributed by atoms with E-state index in [2.05, 4.69) is 23.7 Å². The number of aliphatic hydroxyl groups excluding tert-OH is 2. The summed E-state index contributed by atoms with van der Waals surface area (Å²) in [4.78, 5) is 54.0. The Balaban J connectivity index is 0.000000712. The number of hydrogen-bond donors (Lipinski definition) is 4. The fourth-order valence-electron chi connectivity index (χ4n) is 5.02. The second-order valence-electron chi connectivity index (χ2n) is 12.2. The molecule has 0 spiro atoms. The van der Waals surface area contributed by atoms with Gasteiger partial charge in [-0.2, -0.15) is 18.2 Å². The number of aromatic nitrogens is 2. The van der Waals surface area contributed by atoms with Crippen LogP contribution in [-0.4, -0.2) is 96.0 Å². The summed E-state index contributed by atoms with van der Waals surface area (Å²) < 4.78 is 53.9. The van der Waals surface area contributed by atoms with Crippen LogP contribution in [0.15, 0.2) is 88.9 Å². The number of carbonyl (C=O) groups excluding carboxylic acids is 1. The van der Waals surface area contributed by atoms with E-state index in [1.54, 1.807) is 34.7 Å². The van der Waals surface area contributed by atoms with Crippen LogP contribution in [0.4, 0.5) is 17.6 Å². The van der Waals surface area contributed by atoms with Gasteiger partial charge in [-0.25, -0.2) is 14.0 Å². The molecule has 2 unspecified atom stereocenters. The van der Waals surface area contributed by atoms with E-state index in [0.29, 0.717) is 41.7 Å². The van der Waals surface area contributed by atoms with Gasteiger partial charge in [-0.1, -0.05) is 74.1 Å². The SMILES string of the molecule is CCN(CC)CCN(Cc1ccc(-c2ccc(C(F)(F)F)cc2)cc1)C(=O)Cn1cc(C)c(=O)nc1SCc1ccc(F)cc1.O=C(O)C(O)C(O)C(=O)O. The van der Waals surface area contributed by atoms with Gasteiger partial charge in [0.05, 0.1) is 5.56 Å². The number of aliphatic hydroxyl groups is 2. The molecule has 2 atom stereocenters. The van der Waals surface area contributed by atoms with Crippen LogP contribution in [0.5, 0.6) is 0 Å². The minimum absolute atomic E-state index is 0.0260. The monoisotopic (exact) mass is 790 g/mol. The van der Waals surface area contributed by atoms with E-state index in [9.17, 15) is 36.7 Å². The Bertz CT molecular complexity index is 1920. The molecule has 0 saturated heterocycles. The smallest absolute Gasteiger partial charge is 0.416 e. The van der Waals surface area contributed by atoms with Crippen LogP contribution >= 0.6 is 11.8 Å². The van der Waals surface area contributed by atoms with Crippen LogP contribution in [0.3, 0.4) is 0 Å². The van der Waals surface area contributed by atoms with E-state index in [1.807, 2.05) is 24.3 Å². The van der Waals surface area contributed by atoms with E-state index in [0.717, 1.165) is 41.9 Å². The number of nitrogens with zero attached hydrogens (tertiary/aromatic N) is 4. The third kappa shape index (κ3) is 13.6. The number of amides is 1. The number of rotatable bonds is 16. The first kappa shape index (κ1) is 44.3. The topological polar surface area (TPSA) is 173 Å². The molecule has 0 saturated carbocycles. The van der Waals surface area contributed by atoms with Gasteiger partial charge in [-0.15, -0.1) is 0 Å². The van der Waals surface area contributed by atoms with Crippen molar-refractivity contribution in [1.82, 2.24) is 19.4 Å².